The lowest BCUT2D eigenvalue weighted by Gasteiger charge is -2.31. The Morgan fingerprint density at radius 1 is 0.521 bits per heavy atom. The van der Waals surface area contributed by atoms with Crippen molar-refractivity contribution in [3.05, 3.63) is 114 Å². The fourth-order valence-corrected chi connectivity index (χ4v) is 11.4. The molecule has 0 saturated carbocycles. The van der Waals surface area contributed by atoms with Gasteiger partial charge >= 0.3 is 0 Å². The molecule has 502 valence electrons. The monoisotopic (exact) mass is 1300 g/mol. The number of likely N-dealkylation sites (tertiary alicyclic amines) is 1. The lowest BCUT2D eigenvalue weighted by molar-refractivity contribution is -0.131. The zero-order chi connectivity index (χ0) is 67.6. The van der Waals surface area contributed by atoms with Crippen LogP contribution in [0.5, 0.6) is 17.2 Å². The highest BCUT2D eigenvalue weighted by Gasteiger charge is 2.25. The van der Waals surface area contributed by atoms with Crippen molar-refractivity contribution in [1.29, 1.82) is 0 Å². The minimum Gasteiger partial charge on any atom is -0.493 e. The number of amides is 3. The molecular weight excluding hydrogens is 1210 g/mol. The van der Waals surface area contributed by atoms with Crippen molar-refractivity contribution in [2.24, 2.45) is 27.1 Å². The normalized spacial score (nSPS) is 12.5. The molecule has 29 heteroatoms. The molecule has 0 unspecified atom stereocenters. The largest absolute Gasteiger partial charge is 0.493 e. The number of aryl methyl sites for hydroxylation is 7. The van der Waals surface area contributed by atoms with Crippen molar-refractivity contribution < 1.29 is 44.2 Å². The number of hydrogen-bond donors (Lipinski definition) is 10. The van der Waals surface area contributed by atoms with Gasteiger partial charge in [0, 0.05) is 46.2 Å². The van der Waals surface area contributed by atoms with E-state index in [2.05, 4.69) is 59.5 Å². The molecule has 1 aliphatic heterocycles. The van der Waals surface area contributed by atoms with E-state index >= 15 is 0 Å². The van der Waals surface area contributed by atoms with Gasteiger partial charge in [0.2, 0.25) is 11.8 Å². The molecule has 0 radical (unpaired) electrons. The highest BCUT2D eigenvalue weighted by Crippen LogP contribution is 2.35. The third kappa shape index (κ3) is 17.0. The zero-order valence-corrected chi connectivity index (χ0v) is 54.7. The Hall–Kier alpha value is -9.84. The Morgan fingerprint density at radius 3 is 1.33 bits per heavy atom. The van der Waals surface area contributed by atoms with Crippen LogP contribution < -0.4 is 52.6 Å². The Bertz CT molecular complexity index is 4290. The van der Waals surface area contributed by atoms with Crippen molar-refractivity contribution in [1.82, 2.24) is 80.6 Å². The number of hydroxylamine groups is 3. The molecule has 29 nitrogen and oxygen atoms in total. The van der Waals surface area contributed by atoms with Crippen molar-refractivity contribution in [3.63, 3.8) is 0 Å². The van der Waals surface area contributed by atoms with Gasteiger partial charge in [-0.25, -0.2) is 31.4 Å². The molecular formula is C65H85N17O12. The van der Waals surface area contributed by atoms with E-state index < -0.39 is 11.8 Å². The van der Waals surface area contributed by atoms with E-state index in [1.807, 2.05) is 65.0 Å². The number of nitrogens with zero attached hydrogens (tertiary/aromatic N) is 10. The molecule has 10 rings (SSSR count). The van der Waals surface area contributed by atoms with Crippen LogP contribution in [0.15, 0.2) is 69.0 Å². The molecule has 7 heterocycles. The number of aromatic nitrogens is 12. The van der Waals surface area contributed by atoms with E-state index in [-0.39, 0.29) is 42.0 Å². The fourth-order valence-electron chi connectivity index (χ4n) is 11.4. The molecule has 0 spiro atoms. The first-order chi connectivity index (χ1) is 45.4. The molecule has 6 aromatic heterocycles. The lowest BCUT2D eigenvalue weighted by Crippen LogP contribution is -2.41. The standard InChI is InChI=1S/C25H34N6O4.C20H26N6O4.C20H25N5O4/c1-4-6-19-22-23(30(3)28-19)25(33)27-24(26-22)18-14-17(7-8-20(18)35-5-2)13-16-9-11-31(12-10-16)15-21(32)29-34;1-4-6-14-17-18(26(3)24-14)20(28)23-19(22-17)13-11-12(7-8-15(13)30-5-2)21-10-9-16(27)25-29;1-4-6-14-17-18(25(3)23-14)20(27)22-19(21-17)13-11-12(8-10-16(26)24-28)7-9-15(13)29-5-2/h7-8,14,16,34H,4-6,9-13,15H2,1-3H3,(H,29,32)(H,26,27,33);7-8,11,21,29H,4-6,9-10H2,1-3H3,(H,25,27)(H,22,23,28);7,9,11,28H,4-6,8,10H2,1-3H3,(H,24,26)(H,21,22,27). The van der Waals surface area contributed by atoms with Gasteiger partial charge in [0.25, 0.3) is 22.6 Å². The van der Waals surface area contributed by atoms with Crippen LogP contribution in [0.4, 0.5) is 5.69 Å². The number of rotatable bonds is 26. The van der Waals surface area contributed by atoms with Crippen LogP contribution in [-0.2, 0) is 67.6 Å². The fraction of sp³-hybridized carbons (Fsp3) is 0.446. The van der Waals surface area contributed by atoms with E-state index in [0.717, 1.165) is 110 Å². The molecule has 0 atom stereocenters. The zero-order valence-electron chi connectivity index (χ0n) is 54.7. The van der Waals surface area contributed by atoms with E-state index in [1.165, 1.54) is 0 Å². The van der Waals surface area contributed by atoms with Crippen molar-refractivity contribution in [2.45, 2.75) is 119 Å². The molecule has 10 N–H and O–H groups in total. The van der Waals surface area contributed by atoms with Crippen molar-refractivity contribution in [2.75, 3.05) is 51.3 Å². The highest BCUT2D eigenvalue weighted by molar-refractivity contribution is 5.83. The average molecular weight is 1300 g/mol. The molecule has 94 heavy (non-hydrogen) atoms. The van der Waals surface area contributed by atoms with Gasteiger partial charge in [-0.1, -0.05) is 52.2 Å². The van der Waals surface area contributed by atoms with Crippen LogP contribution in [0.2, 0.25) is 0 Å². The van der Waals surface area contributed by atoms with Crippen molar-refractivity contribution >= 4 is 56.5 Å². The number of fused-ring (bicyclic) bond motifs is 3. The Morgan fingerprint density at radius 2 is 0.915 bits per heavy atom. The maximum atomic E-state index is 13.0. The van der Waals surface area contributed by atoms with Gasteiger partial charge in [-0.15, -0.1) is 0 Å². The summed E-state index contributed by atoms with van der Waals surface area (Å²) in [6.45, 7) is 15.5. The number of ether oxygens (including phenoxy) is 3. The van der Waals surface area contributed by atoms with Crippen LogP contribution in [-0.4, -0.2) is 143 Å². The molecule has 1 fully saturated rings. The third-order valence-electron chi connectivity index (χ3n) is 15.8. The first-order valence-corrected chi connectivity index (χ1v) is 31.8. The highest BCUT2D eigenvalue weighted by atomic mass is 16.5. The average Bonchev–Trinajstić information content (AvgIpc) is 1.58. The van der Waals surface area contributed by atoms with Crippen LogP contribution in [0.1, 0.15) is 115 Å². The first-order valence-electron chi connectivity index (χ1n) is 31.8. The number of carbonyl (C=O) groups excluding carboxylic acids is 3. The Labute approximate surface area is 541 Å². The van der Waals surface area contributed by atoms with Crippen molar-refractivity contribution in [3.8, 4) is 51.4 Å². The molecule has 9 aromatic rings. The predicted molar refractivity (Wildman–Crippen MR) is 353 cm³/mol. The number of hydrogen-bond acceptors (Lipinski definition) is 20. The molecule has 1 saturated heterocycles. The summed E-state index contributed by atoms with van der Waals surface area (Å²) in [4.78, 5) is 97.4. The minimum atomic E-state index is -0.481. The maximum Gasteiger partial charge on any atom is 0.277 e. The summed E-state index contributed by atoms with van der Waals surface area (Å²) < 4.78 is 22.1. The molecule has 0 bridgehead atoms. The summed E-state index contributed by atoms with van der Waals surface area (Å²) in [6, 6.07) is 17.0. The maximum absolute atomic E-state index is 13.0. The van der Waals surface area contributed by atoms with Crippen LogP contribution >= 0.6 is 0 Å². The smallest absolute Gasteiger partial charge is 0.277 e. The minimum absolute atomic E-state index is 0.107. The van der Waals surface area contributed by atoms with Gasteiger partial charge in [-0.05, 0) is 138 Å². The summed E-state index contributed by atoms with van der Waals surface area (Å²) in [5, 5.41) is 42.6. The summed E-state index contributed by atoms with van der Waals surface area (Å²) in [6.07, 6.45) is 8.39. The number of benzene rings is 3. The van der Waals surface area contributed by atoms with Gasteiger partial charge < -0.3 is 34.5 Å². The molecule has 3 aromatic carbocycles. The second-order valence-electron chi connectivity index (χ2n) is 22.7. The SMILES string of the molecule is CCCc1nn(C)c2c(=O)[nH]c(-c3cc(CC4CCN(CC(=O)NO)CC4)ccc3OCC)nc12.CCCc1nn(C)c2c(=O)[nH]c(-c3cc(CCC(=O)NO)ccc3OCC)nc12.CCCc1nn(C)c2c(=O)[nH]c(-c3cc(NCCC(=O)NO)ccc3OCC)nc12. The lowest BCUT2D eigenvalue weighted by atomic mass is 9.89. The predicted octanol–water partition coefficient (Wildman–Crippen LogP) is 6.53. The number of carbonyl (C=O) groups is 3. The van der Waals surface area contributed by atoms with Gasteiger partial charge in [0.1, 0.15) is 51.3 Å². The van der Waals surface area contributed by atoms with Crippen LogP contribution in [0.25, 0.3) is 67.3 Å². The van der Waals surface area contributed by atoms with E-state index in [1.54, 1.807) is 63.8 Å². The summed E-state index contributed by atoms with van der Waals surface area (Å²) in [5.74, 6) is 2.28. The molecule has 3 amide bonds. The van der Waals surface area contributed by atoms with Gasteiger partial charge in [0.05, 0.1) is 60.1 Å². The van der Waals surface area contributed by atoms with E-state index in [4.69, 9.17) is 44.8 Å². The third-order valence-corrected chi connectivity index (χ3v) is 15.8. The summed E-state index contributed by atoms with van der Waals surface area (Å²) in [7, 11) is 5.24. The number of piperidine rings is 1. The quantitative estimate of drug-likeness (QED) is 0.0203. The Balaban J connectivity index is 0.000000182. The van der Waals surface area contributed by atoms with E-state index in [0.29, 0.717) is 118 Å². The van der Waals surface area contributed by atoms with Gasteiger partial charge in [-0.2, -0.15) is 15.3 Å². The summed E-state index contributed by atoms with van der Waals surface area (Å²) in [5.41, 5.74) is 14.5. The number of H-pyrrole nitrogens is 3. The molecule has 1 aliphatic rings. The summed E-state index contributed by atoms with van der Waals surface area (Å²) >= 11 is 0. The second-order valence-corrected chi connectivity index (χ2v) is 22.7. The number of anilines is 1. The van der Waals surface area contributed by atoms with Crippen LogP contribution in [0, 0.1) is 5.92 Å². The van der Waals surface area contributed by atoms with Crippen LogP contribution in [0.3, 0.4) is 0 Å². The van der Waals surface area contributed by atoms with E-state index in [9.17, 15) is 28.8 Å². The van der Waals surface area contributed by atoms with Gasteiger partial charge in [0.15, 0.2) is 16.6 Å². The number of nitrogens with one attached hydrogen (secondary N) is 7. The molecule has 0 aliphatic carbocycles. The Kier molecular flexibility index (Phi) is 24.7. The van der Waals surface area contributed by atoms with Gasteiger partial charge in [-0.3, -0.25) is 63.3 Å². The topological polar surface area (TPSA) is 382 Å². The first kappa shape index (κ1) is 70.0. The number of aromatic amines is 3. The second kappa shape index (κ2) is 33.1.